The first-order chi connectivity index (χ1) is 8.41. The van der Waals surface area contributed by atoms with Crippen molar-refractivity contribution in [1.82, 2.24) is 10.3 Å². The molecule has 7 nitrogen and oxygen atoms in total. The van der Waals surface area contributed by atoms with Crippen LogP contribution in [-0.4, -0.2) is 32.5 Å². The quantitative estimate of drug-likeness (QED) is 0.776. The summed E-state index contributed by atoms with van der Waals surface area (Å²) in [6, 6.07) is 1.29. The van der Waals surface area contributed by atoms with Gasteiger partial charge in [-0.25, -0.2) is 18.5 Å². The zero-order valence-corrected chi connectivity index (χ0v) is 10.5. The molecule has 1 saturated carbocycles. The lowest BCUT2D eigenvalue weighted by Crippen LogP contribution is -2.21. The van der Waals surface area contributed by atoms with Crippen molar-refractivity contribution in [2.45, 2.75) is 23.8 Å². The van der Waals surface area contributed by atoms with Crippen LogP contribution >= 0.6 is 0 Å². The highest BCUT2D eigenvalue weighted by atomic mass is 32.2. The third-order valence-electron chi connectivity index (χ3n) is 2.42. The van der Waals surface area contributed by atoms with Gasteiger partial charge in [0.15, 0.2) is 0 Å². The summed E-state index contributed by atoms with van der Waals surface area (Å²) < 4.78 is 28.2. The van der Waals surface area contributed by atoms with Crippen LogP contribution in [-0.2, 0) is 10.0 Å². The number of nitrogens with one attached hydrogen (secondary N) is 1. The standard InChI is InChI=1S/C10H13N3O4S/c1-12-10(14)7-4-8(17-6-2-3-6)9(5-13-7)18(11,15)16/h4-6H,2-3H2,1H3,(H,12,14)(H2,11,15,16). The summed E-state index contributed by atoms with van der Waals surface area (Å²) in [5.74, 6) is -0.342. The van der Waals surface area contributed by atoms with E-state index >= 15 is 0 Å². The first-order valence-electron chi connectivity index (χ1n) is 5.33. The molecule has 8 heteroatoms. The molecule has 98 valence electrons. The van der Waals surface area contributed by atoms with Crippen LogP contribution in [0.1, 0.15) is 23.3 Å². The predicted octanol–water partition coefficient (Wildman–Crippen LogP) is -0.370. The van der Waals surface area contributed by atoms with Crippen LogP contribution in [0.2, 0.25) is 0 Å². The highest BCUT2D eigenvalue weighted by Gasteiger charge is 2.27. The molecule has 0 unspecified atom stereocenters. The molecule has 0 aromatic carbocycles. The van der Waals surface area contributed by atoms with Crippen molar-refractivity contribution in [1.29, 1.82) is 0 Å². The molecule has 1 aliphatic carbocycles. The smallest absolute Gasteiger partial charge is 0.269 e. The summed E-state index contributed by atoms with van der Waals surface area (Å²) in [5.41, 5.74) is 0.0838. The number of aromatic nitrogens is 1. The van der Waals surface area contributed by atoms with E-state index in [0.29, 0.717) is 0 Å². The number of rotatable bonds is 4. The first kappa shape index (κ1) is 12.8. The molecule has 2 rings (SSSR count). The van der Waals surface area contributed by atoms with E-state index in [1.54, 1.807) is 0 Å². The van der Waals surface area contributed by atoms with Crippen molar-refractivity contribution in [2.75, 3.05) is 7.05 Å². The van der Waals surface area contributed by atoms with Gasteiger partial charge < -0.3 is 10.1 Å². The second-order valence-corrected chi connectivity index (χ2v) is 5.49. The molecule has 0 radical (unpaired) electrons. The zero-order chi connectivity index (χ0) is 13.3. The van der Waals surface area contributed by atoms with Gasteiger partial charge >= 0.3 is 0 Å². The van der Waals surface area contributed by atoms with Gasteiger partial charge in [-0.3, -0.25) is 4.79 Å². The topological polar surface area (TPSA) is 111 Å². The number of nitrogens with two attached hydrogens (primary N) is 1. The Hall–Kier alpha value is -1.67. The number of sulfonamides is 1. The van der Waals surface area contributed by atoms with Gasteiger partial charge in [-0.05, 0) is 12.8 Å². The molecule has 18 heavy (non-hydrogen) atoms. The molecule has 0 spiro atoms. The van der Waals surface area contributed by atoms with E-state index in [1.807, 2.05) is 0 Å². The molecular weight excluding hydrogens is 258 g/mol. The molecule has 1 heterocycles. The van der Waals surface area contributed by atoms with Crippen LogP contribution < -0.4 is 15.2 Å². The minimum atomic E-state index is -3.92. The summed E-state index contributed by atoms with van der Waals surface area (Å²) in [7, 11) is -2.46. The average Bonchev–Trinajstić information content (AvgIpc) is 3.10. The average molecular weight is 271 g/mol. The van der Waals surface area contributed by atoms with E-state index in [-0.39, 0.29) is 22.4 Å². The molecule has 0 atom stereocenters. The number of carbonyl (C=O) groups is 1. The number of hydrogen-bond acceptors (Lipinski definition) is 5. The van der Waals surface area contributed by atoms with Crippen molar-refractivity contribution in [3.8, 4) is 5.75 Å². The zero-order valence-electron chi connectivity index (χ0n) is 9.71. The Morgan fingerprint density at radius 3 is 2.72 bits per heavy atom. The summed E-state index contributed by atoms with van der Waals surface area (Å²) in [5, 5.41) is 7.46. The van der Waals surface area contributed by atoms with Gasteiger partial charge in [-0.2, -0.15) is 0 Å². The van der Waals surface area contributed by atoms with Crippen molar-refractivity contribution in [2.24, 2.45) is 5.14 Å². The molecule has 1 aromatic heterocycles. The second-order valence-electron chi connectivity index (χ2n) is 3.96. The lowest BCUT2D eigenvalue weighted by molar-refractivity contribution is 0.0957. The Kier molecular flexibility index (Phi) is 3.22. The molecule has 0 bridgehead atoms. The fraction of sp³-hybridized carbons (Fsp3) is 0.400. The van der Waals surface area contributed by atoms with Crippen LogP contribution in [0, 0.1) is 0 Å². The van der Waals surface area contributed by atoms with E-state index in [0.717, 1.165) is 19.0 Å². The van der Waals surface area contributed by atoms with Crippen LogP contribution in [0.15, 0.2) is 17.2 Å². The maximum absolute atomic E-state index is 11.4. The second kappa shape index (κ2) is 4.54. The van der Waals surface area contributed by atoms with Crippen LogP contribution in [0.4, 0.5) is 0 Å². The van der Waals surface area contributed by atoms with Crippen molar-refractivity contribution >= 4 is 15.9 Å². The van der Waals surface area contributed by atoms with E-state index in [1.165, 1.54) is 13.1 Å². The molecule has 0 aliphatic heterocycles. The minimum Gasteiger partial charge on any atom is -0.489 e. The van der Waals surface area contributed by atoms with Gasteiger partial charge in [0, 0.05) is 13.1 Å². The number of hydrogen-bond donors (Lipinski definition) is 2. The monoisotopic (exact) mass is 271 g/mol. The van der Waals surface area contributed by atoms with Gasteiger partial charge in [0.25, 0.3) is 5.91 Å². The Labute approximate surface area is 104 Å². The SMILES string of the molecule is CNC(=O)c1cc(OC2CC2)c(S(N)(=O)=O)cn1. The lowest BCUT2D eigenvalue weighted by atomic mass is 10.3. The molecule has 3 N–H and O–H groups in total. The van der Waals surface area contributed by atoms with Crippen molar-refractivity contribution in [3.05, 3.63) is 18.0 Å². The van der Waals surface area contributed by atoms with Crippen molar-refractivity contribution in [3.63, 3.8) is 0 Å². The largest absolute Gasteiger partial charge is 0.489 e. The first-order valence-corrected chi connectivity index (χ1v) is 6.88. The predicted molar refractivity (Wildman–Crippen MR) is 62.7 cm³/mol. The third-order valence-corrected chi connectivity index (χ3v) is 3.34. The van der Waals surface area contributed by atoms with Gasteiger partial charge in [-0.15, -0.1) is 0 Å². The van der Waals surface area contributed by atoms with Gasteiger partial charge in [0.2, 0.25) is 10.0 Å². The van der Waals surface area contributed by atoms with Crippen LogP contribution in [0.5, 0.6) is 5.75 Å². The summed E-state index contributed by atoms with van der Waals surface area (Å²) in [6.45, 7) is 0. The van der Waals surface area contributed by atoms with Crippen LogP contribution in [0.25, 0.3) is 0 Å². The normalized spacial score (nSPS) is 15.2. The van der Waals surface area contributed by atoms with Crippen LogP contribution in [0.3, 0.4) is 0 Å². The highest BCUT2D eigenvalue weighted by Crippen LogP contribution is 2.31. The molecule has 1 aromatic rings. The fourth-order valence-electron chi connectivity index (χ4n) is 1.35. The lowest BCUT2D eigenvalue weighted by Gasteiger charge is -2.10. The molecule has 1 aliphatic rings. The molecule has 0 saturated heterocycles. The number of ether oxygens (including phenoxy) is 1. The Bertz CT molecular complexity index is 581. The summed E-state index contributed by atoms with van der Waals surface area (Å²) in [6.07, 6.45) is 2.76. The molecule has 1 fully saturated rings. The number of carbonyl (C=O) groups excluding carboxylic acids is 1. The Morgan fingerprint density at radius 2 is 2.22 bits per heavy atom. The van der Waals surface area contributed by atoms with Gasteiger partial charge in [0.05, 0.1) is 12.3 Å². The maximum atomic E-state index is 11.4. The number of amides is 1. The number of pyridine rings is 1. The summed E-state index contributed by atoms with van der Waals surface area (Å²) in [4.78, 5) is 15.0. The van der Waals surface area contributed by atoms with Crippen molar-refractivity contribution < 1.29 is 17.9 Å². The van der Waals surface area contributed by atoms with E-state index < -0.39 is 15.9 Å². The maximum Gasteiger partial charge on any atom is 0.269 e. The number of primary sulfonamides is 1. The highest BCUT2D eigenvalue weighted by molar-refractivity contribution is 7.89. The minimum absolute atomic E-state index is 0.00885. The molecule has 1 amide bonds. The number of nitrogens with zero attached hydrogens (tertiary/aromatic N) is 1. The molecular formula is C10H13N3O4S. The Morgan fingerprint density at radius 1 is 1.56 bits per heavy atom. The van der Waals surface area contributed by atoms with Gasteiger partial charge in [0.1, 0.15) is 16.3 Å². The summed E-state index contributed by atoms with van der Waals surface area (Å²) >= 11 is 0. The van der Waals surface area contributed by atoms with E-state index in [9.17, 15) is 13.2 Å². The fourth-order valence-corrected chi connectivity index (χ4v) is 1.93. The Balaban J connectivity index is 2.44. The van der Waals surface area contributed by atoms with Gasteiger partial charge in [-0.1, -0.05) is 0 Å². The third kappa shape index (κ3) is 2.77. The van der Waals surface area contributed by atoms with E-state index in [2.05, 4.69) is 10.3 Å². The van der Waals surface area contributed by atoms with E-state index in [4.69, 9.17) is 9.88 Å².